The summed E-state index contributed by atoms with van der Waals surface area (Å²) in [5.41, 5.74) is 0.348. The maximum Gasteiger partial charge on any atom is 0.252 e. The van der Waals surface area contributed by atoms with E-state index in [-0.39, 0.29) is 17.0 Å². The molecule has 0 spiro atoms. The largest absolute Gasteiger partial charge is 0.373 e. The lowest BCUT2D eigenvalue weighted by Gasteiger charge is -2.13. The van der Waals surface area contributed by atoms with Crippen LogP contribution in [0.25, 0.3) is 0 Å². The standard InChI is InChI=1S/C12H17ClN4O2/c1-4-15-11(18)7(2)16-12(19)8-5-9(13)17-10(6-8)14-3/h5-7H,4H2,1-3H3,(H,14,17)(H,15,18)(H,16,19). The summed E-state index contributed by atoms with van der Waals surface area (Å²) in [6.45, 7) is 3.95. The number of hydrogen-bond donors (Lipinski definition) is 3. The zero-order valence-electron chi connectivity index (χ0n) is 11.1. The minimum absolute atomic E-state index is 0.211. The van der Waals surface area contributed by atoms with Gasteiger partial charge in [-0.15, -0.1) is 0 Å². The fourth-order valence-electron chi connectivity index (χ4n) is 1.43. The van der Waals surface area contributed by atoms with Gasteiger partial charge < -0.3 is 16.0 Å². The van der Waals surface area contributed by atoms with Crippen LogP contribution in [0.5, 0.6) is 0 Å². The molecule has 1 atom stereocenters. The summed E-state index contributed by atoms with van der Waals surface area (Å²) in [6, 6.07) is 2.39. The van der Waals surface area contributed by atoms with Crippen LogP contribution in [0.2, 0.25) is 5.15 Å². The van der Waals surface area contributed by atoms with Crippen LogP contribution < -0.4 is 16.0 Å². The second-order valence-electron chi connectivity index (χ2n) is 3.90. The predicted molar refractivity (Wildman–Crippen MR) is 74.4 cm³/mol. The van der Waals surface area contributed by atoms with E-state index in [1.807, 2.05) is 6.92 Å². The second-order valence-corrected chi connectivity index (χ2v) is 4.29. The smallest absolute Gasteiger partial charge is 0.252 e. The number of pyridine rings is 1. The number of carbonyl (C=O) groups excluding carboxylic acids is 2. The quantitative estimate of drug-likeness (QED) is 0.705. The Morgan fingerprint density at radius 2 is 2.11 bits per heavy atom. The molecule has 1 heterocycles. The highest BCUT2D eigenvalue weighted by Crippen LogP contribution is 2.14. The van der Waals surface area contributed by atoms with Crippen molar-refractivity contribution in [1.82, 2.24) is 15.6 Å². The van der Waals surface area contributed by atoms with Crippen molar-refractivity contribution in [2.45, 2.75) is 19.9 Å². The lowest BCUT2D eigenvalue weighted by molar-refractivity contribution is -0.122. The van der Waals surface area contributed by atoms with Crippen molar-refractivity contribution >= 4 is 29.2 Å². The number of hydrogen-bond acceptors (Lipinski definition) is 4. The molecular formula is C12H17ClN4O2. The van der Waals surface area contributed by atoms with Crippen molar-refractivity contribution in [2.75, 3.05) is 18.9 Å². The average molecular weight is 285 g/mol. The second kappa shape index (κ2) is 6.94. The molecule has 0 saturated heterocycles. The molecule has 1 aromatic rings. The molecule has 1 unspecified atom stereocenters. The third-order valence-corrected chi connectivity index (χ3v) is 2.60. The first kappa shape index (κ1) is 15.2. The van der Waals surface area contributed by atoms with E-state index in [0.29, 0.717) is 17.9 Å². The first-order valence-corrected chi connectivity index (χ1v) is 6.29. The van der Waals surface area contributed by atoms with E-state index in [1.54, 1.807) is 20.0 Å². The molecule has 2 amide bonds. The van der Waals surface area contributed by atoms with Gasteiger partial charge in [0.05, 0.1) is 0 Å². The van der Waals surface area contributed by atoms with Crippen LogP contribution in [0, 0.1) is 0 Å². The van der Waals surface area contributed by atoms with Gasteiger partial charge >= 0.3 is 0 Å². The number of carbonyl (C=O) groups is 2. The van der Waals surface area contributed by atoms with Gasteiger partial charge in [-0.2, -0.15) is 0 Å². The summed E-state index contributed by atoms with van der Waals surface area (Å²) < 4.78 is 0. The van der Waals surface area contributed by atoms with Crippen molar-refractivity contribution in [1.29, 1.82) is 0 Å². The third-order valence-electron chi connectivity index (χ3n) is 2.40. The topological polar surface area (TPSA) is 83.1 Å². The number of nitrogens with zero attached hydrogens (tertiary/aromatic N) is 1. The molecule has 0 bridgehead atoms. The molecule has 6 nitrogen and oxygen atoms in total. The first-order chi connectivity index (χ1) is 8.97. The molecular weight excluding hydrogens is 268 g/mol. The van der Waals surface area contributed by atoms with Gasteiger partial charge in [0, 0.05) is 19.2 Å². The van der Waals surface area contributed by atoms with E-state index in [0.717, 1.165) is 0 Å². The van der Waals surface area contributed by atoms with Crippen LogP contribution >= 0.6 is 11.6 Å². The minimum atomic E-state index is -0.613. The maximum absolute atomic E-state index is 12.0. The molecule has 0 aromatic carbocycles. The Morgan fingerprint density at radius 1 is 1.42 bits per heavy atom. The van der Waals surface area contributed by atoms with Gasteiger partial charge in [-0.25, -0.2) is 4.98 Å². The van der Waals surface area contributed by atoms with Crippen LogP contribution in [0.4, 0.5) is 5.82 Å². The monoisotopic (exact) mass is 284 g/mol. The Balaban J connectivity index is 2.78. The minimum Gasteiger partial charge on any atom is -0.373 e. The number of anilines is 1. The highest BCUT2D eigenvalue weighted by molar-refractivity contribution is 6.29. The molecule has 1 aromatic heterocycles. The lowest BCUT2D eigenvalue weighted by atomic mass is 10.2. The Morgan fingerprint density at radius 3 is 2.68 bits per heavy atom. The van der Waals surface area contributed by atoms with E-state index in [9.17, 15) is 9.59 Å². The van der Waals surface area contributed by atoms with Crippen LogP contribution in [0.15, 0.2) is 12.1 Å². The predicted octanol–water partition coefficient (Wildman–Crippen LogP) is 1.03. The molecule has 7 heteroatoms. The first-order valence-electron chi connectivity index (χ1n) is 5.91. The highest BCUT2D eigenvalue weighted by atomic mass is 35.5. The fourth-order valence-corrected chi connectivity index (χ4v) is 1.64. The van der Waals surface area contributed by atoms with E-state index in [4.69, 9.17) is 11.6 Å². The molecule has 19 heavy (non-hydrogen) atoms. The highest BCUT2D eigenvalue weighted by Gasteiger charge is 2.16. The molecule has 3 N–H and O–H groups in total. The number of halogens is 1. The van der Waals surface area contributed by atoms with Crippen molar-refractivity contribution in [2.24, 2.45) is 0 Å². The Kier molecular flexibility index (Phi) is 5.57. The average Bonchev–Trinajstić information content (AvgIpc) is 2.38. The van der Waals surface area contributed by atoms with Gasteiger partial charge in [-0.1, -0.05) is 11.6 Å². The van der Waals surface area contributed by atoms with E-state index >= 15 is 0 Å². The molecule has 0 aliphatic carbocycles. The number of nitrogens with one attached hydrogen (secondary N) is 3. The third kappa shape index (κ3) is 4.40. The van der Waals surface area contributed by atoms with Gasteiger partial charge in [-0.3, -0.25) is 9.59 Å². The van der Waals surface area contributed by atoms with Crippen molar-refractivity contribution < 1.29 is 9.59 Å². The molecule has 0 radical (unpaired) electrons. The number of likely N-dealkylation sites (N-methyl/N-ethyl adjacent to an activating group) is 1. The van der Waals surface area contributed by atoms with Crippen LogP contribution in [0.3, 0.4) is 0 Å². The van der Waals surface area contributed by atoms with Crippen LogP contribution in [-0.2, 0) is 4.79 Å². The zero-order chi connectivity index (χ0) is 14.4. The summed E-state index contributed by atoms with van der Waals surface area (Å²) in [4.78, 5) is 27.5. The summed E-state index contributed by atoms with van der Waals surface area (Å²) in [6.07, 6.45) is 0. The fraction of sp³-hybridized carbons (Fsp3) is 0.417. The Bertz CT molecular complexity index is 479. The SMILES string of the molecule is CCNC(=O)C(C)NC(=O)c1cc(Cl)nc(NC)c1. The van der Waals surface area contributed by atoms with Gasteiger partial charge in [-0.05, 0) is 26.0 Å². The van der Waals surface area contributed by atoms with Gasteiger partial charge in [0.1, 0.15) is 17.0 Å². The van der Waals surface area contributed by atoms with E-state index < -0.39 is 6.04 Å². The summed E-state index contributed by atoms with van der Waals surface area (Å²) in [5.74, 6) is -0.118. The lowest BCUT2D eigenvalue weighted by Crippen LogP contribution is -2.44. The van der Waals surface area contributed by atoms with E-state index in [1.165, 1.54) is 6.07 Å². The van der Waals surface area contributed by atoms with Crippen molar-refractivity contribution in [3.63, 3.8) is 0 Å². The molecule has 104 valence electrons. The van der Waals surface area contributed by atoms with Crippen LogP contribution in [-0.4, -0.2) is 36.4 Å². The van der Waals surface area contributed by atoms with Crippen molar-refractivity contribution in [3.8, 4) is 0 Å². The summed E-state index contributed by atoms with van der Waals surface area (Å²) in [7, 11) is 1.68. The number of rotatable bonds is 5. The Labute approximate surface area is 116 Å². The van der Waals surface area contributed by atoms with E-state index in [2.05, 4.69) is 20.9 Å². The molecule has 0 aliphatic rings. The molecule has 0 saturated carbocycles. The van der Waals surface area contributed by atoms with Crippen LogP contribution in [0.1, 0.15) is 24.2 Å². The number of aromatic nitrogens is 1. The zero-order valence-corrected chi connectivity index (χ0v) is 11.8. The molecule has 0 aliphatic heterocycles. The molecule has 0 fully saturated rings. The van der Waals surface area contributed by atoms with Gasteiger partial charge in [0.25, 0.3) is 5.91 Å². The summed E-state index contributed by atoms with van der Waals surface area (Å²) in [5, 5.41) is 8.24. The Hall–Kier alpha value is -1.82. The van der Waals surface area contributed by atoms with Gasteiger partial charge in [0.2, 0.25) is 5.91 Å². The number of amides is 2. The van der Waals surface area contributed by atoms with Gasteiger partial charge in [0.15, 0.2) is 0 Å². The normalized spacial score (nSPS) is 11.6. The molecule has 1 rings (SSSR count). The maximum atomic E-state index is 12.0. The van der Waals surface area contributed by atoms with Crippen molar-refractivity contribution in [3.05, 3.63) is 22.8 Å². The summed E-state index contributed by atoms with van der Waals surface area (Å²) >= 11 is 5.81.